The fourth-order valence-corrected chi connectivity index (χ4v) is 2.27. The topological polar surface area (TPSA) is 67.6 Å². The molecule has 1 aliphatic heterocycles. The highest BCUT2D eigenvalue weighted by Crippen LogP contribution is 2.17. The first-order chi connectivity index (χ1) is 9.06. The number of rotatable bonds is 3. The van der Waals surface area contributed by atoms with E-state index in [1.165, 1.54) is 0 Å². The van der Waals surface area contributed by atoms with Crippen molar-refractivity contribution in [1.29, 1.82) is 0 Å². The molecule has 1 aromatic heterocycles. The molecule has 1 aliphatic rings. The largest absolute Gasteiger partial charge is 0.377 e. The van der Waals surface area contributed by atoms with E-state index in [-0.39, 0.29) is 12.1 Å². The van der Waals surface area contributed by atoms with Crippen molar-refractivity contribution in [2.24, 2.45) is 5.92 Å². The Hall–Kier alpha value is -1.56. The molecule has 106 valence electrons. The van der Waals surface area contributed by atoms with Crippen LogP contribution in [0.15, 0.2) is 10.6 Å². The summed E-state index contributed by atoms with van der Waals surface area (Å²) in [6.45, 7) is 7.87. The number of urea groups is 1. The lowest BCUT2D eigenvalue weighted by Gasteiger charge is -2.36. The van der Waals surface area contributed by atoms with E-state index in [4.69, 9.17) is 9.26 Å². The van der Waals surface area contributed by atoms with Crippen molar-refractivity contribution in [3.8, 4) is 0 Å². The monoisotopic (exact) mass is 267 g/mol. The normalized spacial score (nSPS) is 19.8. The summed E-state index contributed by atoms with van der Waals surface area (Å²) in [7, 11) is 0. The van der Waals surface area contributed by atoms with Crippen molar-refractivity contribution >= 4 is 11.8 Å². The number of morpholine rings is 1. The molecule has 2 rings (SSSR count). The summed E-state index contributed by atoms with van der Waals surface area (Å²) in [4.78, 5) is 14.1. The van der Waals surface area contributed by atoms with Crippen LogP contribution in [-0.4, -0.2) is 41.9 Å². The molecule has 0 saturated carbocycles. The van der Waals surface area contributed by atoms with Crippen molar-refractivity contribution in [2.45, 2.75) is 33.2 Å². The number of aromatic nitrogens is 1. The highest BCUT2D eigenvalue weighted by Gasteiger charge is 2.28. The van der Waals surface area contributed by atoms with Crippen LogP contribution in [-0.2, 0) is 4.74 Å². The molecular formula is C13H21N3O3. The molecule has 0 aliphatic carbocycles. The maximum atomic E-state index is 12.2. The van der Waals surface area contributed by atoms with Gasteiger partial charge in [-0.15, -0.1) is 0 Å². The summed E-state index contributed by atoms with van der Waals surface area (Å²) in [5.74, 6) is 1.66. The number of nitrogens with zero attached hydrogens (tertiary/aromatic N) is 2. The Labute approximate surface area is 113 Å². The lowest BCUT2D eigenvalue weighted by molar-refractivity contribution is 0.00854. The molecule has 0 radical (unpaired) electrons. The van der Waals surface area contributed by atoms with Crippen molar-refractivity contribution in [2.75, 3.05) is 25.1 Å². The van der Waals surface area contributed by atoms with Gasteiger partial charge in [0.2, 0.25) is 0 Å². The van der Waals surface area contributed by atoms with E-state index in [0.717, 1.165) is 6.42 Å². The smallest absolute Gasteiger partial charge is 0.323 e. The molecule has 0 spiro atoms. The van der Waals surface area contributed by atoms with Crippen LogP contribution >= 0.6 is 0 Å². The summed E-state index contributed by atoms with van der Waals surface area (Å²) in [6, 6.07) is 1.69. The zero-order valence-corrected chi connectivity index (χ0v) is 11.7. The fraction of sp³-hybridized carbons (Fsp3) is 0.692. The van der Waals surface area contributed by atoms with Crippen LogP contribution in [0.25, 0.3) is 0 Å². The molecule has 1 unspecified atom stereocenters. The number of hydrogen-bond donors (Lipinski definition) is 1. The van der Waals surface area contributed by atoms with Gasteiger partial charge in [0.05, 0.1) is 19.3 Å². The van der Waals surface area contributed by atoms with E-state index in [1.54, 1.807) is 13.0 Å². The van der Waals surface area contributed by atoms with Crippen molar-refractivity contribution in [3.63, 3.8) is 0 Å². The number of anilines is 1. The minimum atomic E-state index is -0.137. The van der Waals surface area contributed by atoms with Gasteiger partial charge >= 0.3 is 6.03 Å². The number of amides is 2. The Morgan fingerprint density at radius 2 is 2.42 bits per heavy atom. The molecule has 1 N–H and O–H groups in total. The van der Waals surface area contributed by atoms with E-state index in [0.29, 0.717) is 37.3 Å². The van der Waals surface area contributed by atoms with Crippen LogP contribution in [0.4, 0.5) is 10.6 Å². The standard InChI is InChI=1S/C13H21N3O3/c1-9(2)6-11-8-18-5-4-16(11)13(17)14-12-7-10(3)19-15-12/h7,9,11H,4-6,8H2,1-3H3,(H,14,15,17). The van der Waals surface area contributed by atoms with E-state index in [2.05, 4.69) is 24.3 Å². The van der Waals surface area contributed by atoms with Gasteiger partial charge < -0.3 is 14.2 Å². The first kappa shape index (κ1) is 13.9. The summed E-state index contributed by atoms with van der Waals surface area (Å²) in [5, 5.41) is 6.53. The Morgan fingerprint density at radius 1 is 1.63 bits per heavy atom. The average Bonchev–Trinajstić information content (AvgIpc) is 2.74. The number of carbonyl (C=O) groups is 1. The molecule has 0 bridgehead atoms. The molecule has 1 fully saturated rings. The molecule has 6 nitrogen and oxygen atoms in total. The predicted molar refractivity (Wildman–Crippen MR) is 71.0 cm³/mol. The van der Waals surface area contributed by atoms with Gasteiger partial charge in [0.25, 0.3) is 0 Å². The van der Waals surface area contributed by atoms with Crippen LogP contribution in [0.5, 0.6) is 0 Å². The Balaban J connectivity index is 1.98. The third kappa shape index (κ3) is 3.70. The van der Waals surface area contributed by atoms with E-state index < -0.39 is 0 Å². The van der Waals surface area contributed by atoms with Crippen LogP contribution in [0.3, 0.4) is 0 Å². The van der Waals surface area contributed by atoms with E-state index in [9.17, 15) is 4.79 Å². The molecule has 1 atom stereocenters. The molecular weight excluding hydrogens is 246 g/mol. The summed E-state index contributed by atoms with van der Waals surface area (Å²) < 4.78 is 10.4. The van der Waals surface area contributed by atoms with E-state index >= 15 is 0 Å². The maximum absolute atomic E-state index is 12.2. The average molecular weight is 267 g/mol. The van der Waals surface area contributed by atoms with Crippen molar-refractivity contribution in [3.05, 3.63) is 11.8 Å². The number of ether oxygens (including phenoxy) is 1. The van der Waals surface area contributed by atoms with Crippen LogP contribution in [0.1, 0.15) is 26.0 Å². The summed E-state index contributed by atoms with van der Waals surface area (Å²) >= 11 is 0. The zero-order valence-electron chi connectivity index (χ0n) is 11.7. The predicted octanol–water partition coefficient (Wildman–Crippen LogP) is 2.26. The SMILES string of the molecule is Cc1cc(NC(=O)N2CCOCC2CC(C)C)no1. The fourth-order valence-electron chi connectivity index (χ4n) is 2.27. The third-order valence-electron chi connectivity index (χ3n) is 3.09. The lowest BCUT2D eigenvalue weighted by atomic mass is 10.0. The quantitative estimate of drug-likeness (QED) is 0.912. The van der Waals surface area contributed by atoms with Gasteiger partial charge in [0.15, 0.2) is 5.82 Å². The van der Waals surface area contributed by atoms with Gasteiger partial charge in [0.1, 0.15) is 5.76 Å². The highest BCUT2D eigenvalue weighted by atomic mass is 16.5. The Kier molecular flexibility index (Phi) is 4.42. The first-order valence-corrected chi connectivity index (χ1v) is 6.65. The van der Waals surface area contributed by atoms with Gasteiger partial charge in [-0.2, -0.15) is 0 Å². The maximum Gasteiger partial charge on any atom is 0.323 e. The zero-order chi connectivity index (χ0) is 13.8. The molecule has 2 amide bonds. The van der Waals surface area contributed by atoms with Gasteiger partial charge in [-0.05, 0) is 19.3 Å². The lowest BCUT2D eigenvalue weighted by Crippen LogP contribution is -2.50. The molecule has 1 aromatic rings. The molecule has 19 heavy (non-hydrogen) atoms. The van der Waals surface area contributed by atoms with Crippen LogP contribution < -0.4 is 5.32 Å². The number of aryl methyl sites for hydroxylation is 1. The van der Waals surface area contributed by atoms with Crippen molar-refractivity contribution in [1.82, 2.24) is 10.1 Å². The number of hydrogen-bond acceptors (Lipinski definition) is 4. The summed E-state index contributed by atoms with van der Waals surface area (Å²) in [6.07, 6.45) is 0.936. The van der Waals surface area contributed by atoms with E-state index in [1.807, 2.05) is 4.90 Å². The Bertz CT molecular complexity index is 431. The van der Waals surface area contributed by atoms with Gasteiger partial charge in [-0.1, -0.05) is 19.0 Å². The van der Waals surface area contributed by atoms with Crippen LogP contribution in [0.2, 0.25) is 0 Å². The minimum Gasteiger partial charge on any atom is -0.377 e. The van der Waals surface area contributed by atoms with Gasteiger partial charge in [-0.3, -0.25) is 5.32 Å². The second kappa shape index (κ2) is 6.06. The van der Waals surface area contributed by atoms with Gasteiger partial charge in [-0.25, -0.2) is 4.79 Å². The molecule has 0 aromatic carbocycles. The second-order valence-electron chi connectivity index (χ2n) is 5.30. The third-order valence-corrected chi connectivity index (χ3v) is 3.09. The minimum absolute atomic E-state index is 0.127. The number of carbonyl (C=O) groups excluding carboxylic acids is 1. The second-order valence-corrected chi connectivity index (χ2v) is 5.30. The molecule has 2 heterocycles. The van der Waals surface area contributed by atoms with Gasteiger partial charge in [0, 0.05) is 12.6 Å². The highest BCUT2D eigenvalue weighted by molar-refractivity contribution is 5.88. The van der Waals surface area contributed by atoms with Crippen molar-refractivity contribution < 1.29 is 14.1 Å². The number of nitrogens with one attached hydrogen (secondary N) is 1. The molecule has 1 saturated heterocycles. The molecule has 6 heteroatoms. The van der Waals surface area contributed by atoms with Crippen LogP contribution in [0, 0.1) is 12.8 Å². The Morgan fingerprint density at radius 3 is 3.05 bits per heavy atom. The summed E-state index contributed by atoms with van der Waals surface area (Å²) in [5.41, 5.74) is 0. The first-order valence-electron chi connectivity index (χ1n) is 6.65.